The number of benzene rings is 2. The third kappa shape index (κ3) is 3.65. The quantitative estimate of drug-likeness (QED) is 0.411. The lowest BCUT2D eigenvalue weighted by Gasteiger charge is -2.32. The van der Waals surface area contributed by atoms with Gasteiger partial charge in [0, 0.05) is 30.5 Å². The number of methoxy groups -OCH3 is 1. The van der Waals surface area contributed by atoms with Gasteiger partial charge in [-0.05, 0) is 42.7 Å². The van der Waals surface area contributed by atoms with Crippen LogP contribution in [0.5, 0.6) is 5.75 Å². The Balaban J connectivity index is 1.70. The summed E-state index contributed by atoms with van der Waals surface area (Å²) < 4.78 is 7.51. The maximum atomic E-state index is 5.34. The van der Waals surface area contributed by atoms with Gasteiger partial charge in [-0.1, -0.05) is 49.6 Å². The molecule has 4 aromatic rings. The van der Waals surface area contributed by atoms with E-state index in [1.165, 1.54) is 37.7 Å². The molecular weight excluding hydrogens is 384 g/mol. The first-order valence-corrected chi connectivity index (χ1v) is 11.0. The van der Waals surface area contributed by atoms with Crippen molar-refractivity contribution in [1.82, 2.24) is 14.5 Å². The van der Waals surface area contributed by atoms with Crippen LogP contribution in [0.4, 0.5) is 5.82 Å². The minimum Gasteiger partial charge on any atom is -0.497 e. The highest BCUT2D eigenvalue weighted by molar-refractivity contribution is 6.02. The molecule has 1 aliphatic rings. The molecule has 0 radical (unpaired) electrons. The van der Waals surface area contributed by atoms with E-state index >= 15 is 0 Å². The van der Waals surface area contributed by atoms with Crippen molar-refractivity contribution in [2.75, 3.05) is 19.1 Å². The second-order valence-electron chi connectivity index (χ2n) is 8.28. The minimum atomic E-state index is 0.528. The summed E-state index contributed by atoms with van der Waals surface area (Å²) in [5, 5.41) is 1.11. The van der Waals surface area contributed by atoms with E-state index in [-0.39, 0.29) is 0 Å². The molecule has 0 unspecified atom stereocenters. The average Bonchev–Trinajstić information content (AvgIpc) is 3.25. The summed E-state index contributed by atoms with van der Waals surface area (Å²) in [7, 11) is 3.88. The fourth-order valence-corrected chi connectivity index (χ4v) is 4.73. The number of nitrogens with zero attached hydrogens (tertiary/aromatic N) is 4. The summed E-state index contributed by atoms with van der Waals surface area (Å²) in [6.07, 6.45) is 10.3. The second-order valence-corrected chi connectivity index (χ2v) is 8.28. The van der Waals surface area contributed by atoms with Crippen molar-refractivity contribution in [3.05, 3.63) is 67.1 Å². The molecule has 5 nitrogen and oxygen atoms in total. The standard InChI is InChI=1S/C26H28N4O/c1-29(20-11-7-4-8-12-20)25-24-23(19-9-5-3-6-10-19)17-30(26(24)28-18-27-25)21-13-15-22(31-2)16-14-21/h3,5-6,9-10,13-18,20H,4,7-8,11-12H2,1-2H3. The molecule has 0 aliphatic heterocycles. The first-order valence-electron chi connectivity index (χ1n) is 11.0. The number of rotatable bonds is 5. The van der Waals surface area contributed by atoms with Crippen LogP contribution in [0.2, 0.25) is 0 Å². The summed E-state index contributed by atoms with van der Waals surface area (Å²) in [5.74, 6) is 1.86. The number of hydrogen-bond donors (Lipinski definition) is 0. The molecule has 1 fully saturated rings. The molecule has 1 aliphatic carbocycles. The maximum absolute atomic E-state index is 5.34. The largest absolute Gasteiger partial charge is 0.497 e. The third-order valence-corrected chi connectivity index (χ3v) is 6.45. The summed E-state index contributed by atoms with van der Waals surface area (Å²) in [6.45, 7) is 0. The lowest BCUT2D eigenvalue weighted by atomic mass is 9.94. The summed E-state index contributed by atoms with van der Waals surface area (Å²) in [4.78, 5) is 11.9. The zero-order valence-electron chi connectivity index (χ0n) is 18.2. The highest BCUT2D eigenvalue weighted by atomic mass is 16.5. The molecule has 2 aromatic carbocycles. The molecule has 0 atom stereocenters. The molecule has 0 amide bonds. The van der Waals surface area contributed by atoms with Gasteiger partial charge in [-0.3, -0.25) is 0 Å². The van der Waals surface area contributed by atoms with Crippen LogP contribution in [0.3, 0.4) is 0 Å². The van der Waals surface area contributed by atoms with Gasteiger partial charge < -0.3 is 14.2 Å². The number of hydrogen-bond acceptors (Lipinski definition) is 4. The van der Waals surface area contributed by atoms with Gasteiger partial charge in [-0.2, -0.15) is 0 Å². The van der Waals surface area contributed by atoms with Crippen LogP contribution in [0.25, 0.3) is 27.8 Å². The number of anilines is 1. The van der Waals surface area contributed by atoms with Crippen molar-refractivity contribution >= 4 is 16.9 Å². The van der Waals surface area contributed by atoms with Crippen LogP contribution in [0.15, 0.2) is 67.1 Å². The van der Waals surface area contributed by atoms with E-state index in [1.807, 2.05) is 12.1 Å². The Morgan fingerprint density at radius 3 is 2.39 bits per heavy atom. The lowest BCUT2D eigenvalue weighted by molar-refractivity contribution is 0.415. The first kappa shape index (κ1) is 19.6. The van der Waals surface area contributed by atoms with Crippen LogP contribution >= 0.6 is 0 Å². The van der Waals surface area contributed by atoms with Crippen molar-refractivity contribution in [1.29, 1.82) is 0 Å². The zero-order chi connectivity index (χ0) is 21.2. The molecule has 158 valence electrons. The Kier molecular flexibility index (Phi) is 5.33. The van der Waals surface area contributed by atoms with Crippen LogP contribution in [-0.4, -0.2) is 34.7 Å². The third-order valence-electron chi connectivity index (χ3n) is 6.45. The Labute approximate surface area is 183 Å². The summed E-state index contributed by atoms with van der Waals surface area (Å²) >= 11 is 0. The summed E-state index contributed by atoms with van der Waals surface area (Å²) in [6, 6.07) is 19.2. The Morgan fingerprint density at radius 1 is 0.935 bits per heavy atom. The second kappa shape index (κ2) is 8.42. The minimum absolute atomic E-state index is 0.528. The molecule has 0 bridgehead atoms. The van der Waals surface area contributed by atoms with Crippen LogP contribution in [0.1, 0.15) is 32.1 Å². The maximum Gasteiger partial charge on any atom is 0.150 e. The van der Waals surface area contributed by atoms with Crippen LogP contribution < -0.4 is 9.64 Å². The smallest absolute Gasteiger partial charge is 0.150 e. The van der Waals surface area contributed by atoms with Gasteiger partial charge in [0.25, 0.3) is 0 Å². The number of ether oxygens (including phenoxy) is 1. The Morgan fingerprint density at radius 2 is 1.68 bits per heavy atom. The van der Waals surface area contributed by atoms with Gasteiger partial charge in [0.1, 0.15) is 17.9 Å². The van der Waals surface area contributed by atoms with Crippen LogP contribution in [-0.2, 0) is 0 Å². The molecule has 2 heterocycles. The van der Waals surface area contributed by atoms with Crippen molar-refractivity contribution < 1.29 is 4.74 Å². The zero-order valence-corrected chi connectivity index (χ0v) is 18.2. The fraction of sp³-hybridized carbons (Fsp3) is 0.308. The van der Waals surface area contributed by atoms with E-state index in [0.29, 0.717) is 6.04 Å². The van der Waals surface area contributed by atoms with Crippen LogP contribution in [0, 0.1) is 0 Å². The van der Waals surface area contributed by atoms with Crippen molar-refractivity contribution in [3.63, 3.8) is 0 Å². The van der Waals surface area contributed by atoms with E-state index in [4.69, 9.17) is 14.7 Å². The topological polar surface area (TPSA) is 43.2 Å². The van der Waals surface area contributed by atoms with Gasteiger partial charge in [-0.15, -0.1) is 0 Å². The van der Waals surface area contributed by atoms with Gasteiger partial charge in [0.2, 0.25) is 0 Å². The first-order chi connectivity index (χ1) is 15.3. The van der Waals surface area contributed by atoms with E-state index in [1.54, 1.807) is 13.4 Å². The van der Waals surface area contributed by atoms with Gasteiger partial charge in [0.15, 0.2) is 5.65 Å². The molecule has 0 spiro atoms. The molecule has 1 saturated carbocycles. The van der Waals surface area contributed by atoms with E-state index < -0.39 is 0 Å². The normalized spacial score (nSPS) is 14.6. The molecule has 0 N–H and O–H groups in total. The van der Waals surface area contributed by atoms with E-state index in [2.05, 4.69) is 65.2 Å². The predicted molar refractivity (Wildman–Crippen MR) is 126 cm³/mol. The van der Waals surface area contributed by atoms with Crippen molar-refractivity contribution in [3.8, 4) is 22.6 Å². The Bertz CT molecular complexity index is 1160. The van der Waals surface area contributed by atoms with E-state index in [0.717, 1.165) is 33.9 Å². The average molecular weight is 413 g/mol. The number of fused-ring (bicyclic) bond motifs is 1. The highest BCUT2D eigenvalue weighted by Gasteiger charge is 2.24. The Hall–Kier alpha value is -3.34. The SMILES string of the molecule is COc1ccc(-n2cc(-c3ccccc3)c3c(N(C)C4CCCCC4)ncnc32)cc1. The molecular formula is C26H28N4O. The number of aromatic nitrogens is 3. The molecule has 2 aromatic heterocycles. The molecule has 5 heteroatoms. The lowest BCUT2D eigenvalue weighted by Crippen LogP contribution is -2.34. The molecule has 0 saturated heterocycles. The van der Waals surface area contributed by atoms with Gasteiger partial charge >= 0.3 is 0 Å². The highest BCUT2D eigenvalue weighted by Crippen LogP contribution is 2.38. The van der Waals surface area contributed by atoms with Gasteiger partial charge in [-0.25, -0.2) is 9.97 Å². The van der Waals surface area contributed by atoms with Gasteiger partial charge in [0.05, 0.1) is 12.5 Å². The fourth-order valence-electron chi connectivity index (χ4n) is 4.73. The molecule has 31 heavy (non-hydrogen) atoms. The summed E-state index contributed by atoms with van der Waals surface area (Å²) in [5.41, 5.74) is 4.31. The predicted octanol–water partition coefficient (Wildman–Crippen LogP) is 5.87. The monoisotopic (exact) mass is 412 g/mol. The van der Waals surface area contributed by atoms with E-state index in [9.17, 15) is 0 Å². The van der Waals surface area contributed by atoms with Crippen molar-refractivity contribution in [2.24, 2.45) is 0 Å². The van der Waals surface area contributed by atoms with Crippen molar-refractivity contribution in [2.45, 2.75) is 38.1 Å². The molecule has 5 rings (SSSR count).